The van der Waals surface area contributed by atoms with Crippen molar-refractivity contribution in [2.75, 3.05) is 6.54 Å². The quantitative estimate of drug-likeness (QED) is 0.778. The zero-order valence-corrected chi connectivity index (χ0v) is 7.81. The lowest BCUT2D eigenvalue weighted by molar-refractivity contribution is -0.139. The lowest BCUT2D eigenvalue weighted by Gasteiger charge is -2.15. The van der Waals surface area contributed by atoms with Crippen LogP contribution in [0.25, 0.3) is 0 Å². The van der Waals surface area contributed by atoms with Crippen molar-refractivity contribution in [3.63, 3.8) is 0 Å². The molecule has 2 rings (SSSR count). The molecule has 3 nitrogen and oxygen atoms in total. The third kappa shape index (κ3) is 2.36. The van der Waals surface area contributed by atoms with E-state index in [0.29, 0.717) is 0 Å². The number of rotatable bonds is 2. The molecule has 1 aliphatic heterocycles. The molecule has 1 fully saturated rings. The van der Waals surface area contributed by atoms with Crippen LogP contribution >= 0.6 is 0 Å². The van der Waals surface area contributed by atoms with E-state index in [4.69, 9.17) is 5.11 Å². The molecule has 0 spiro atoms. The van der Waals surface area contributed by atoms with Crippen LogP contribution in [0.3, 0.4) is 0 Å². The molecule has 1 saturated heterocycles. The van der Waals surface area contributed by atoms with Crippen LogP contribution in [0.5, 0.6) is 0 Å². The summed E-state index contributed by atoms with van der Waals surface area (Å²) < 4.78 is 0. The summed E-state index contributed by atoms with van der Waals surface area (Å²) in [5.41, 5.74) is 1.12. The molecule has 1 aromatic rings. The van der Waals surface area contributed by atoms with Crippen molar-refractivity contribution in [2.45, 2.75) is 25.8 Å². The summed E-state index contributed by atoms with van der Waals surface area (Å²) in [5, 5.41) is 12.0. The molecule has 1 heterocycles. The Balaban J connectivity index is 0.00000112. The average molecular weight is 207 g/mol. The maximum atomic E-state index is 10.9. The number of nitrogens with one attached hydrogen (secondary N) is 1. The molecule has 2 N–H and O–H groups in total. The summed E-state index contributed by atoms with van der Waals surface area (Å²) in [4.78, 5) is 10.9. The van der Waals surface area contributed by atoms with E-state index in [-0.39, 0.29) is 13.3 Å². The first-order valence-corrected chi connectivity index (χ1v) is 4.80. The molecule has 0 radical (unpaired) electrons. The molecular weight excluding hydrogens is 190 g/mol. The third-order valence-electron chi connectivity index (χ3n) is 2.72. The van der Waals surface area contributed by atoms with Crippen LogP contribution in [0.4, 0.5) is 0 Å². The molecular formula is C12H17NO2. The molecule has 0 aliphatic carbocycles. The van der Waals surface area contributed by atoms with Crippen molar-refractivity contribution in [3.8, 4) is 0 Å². The fourth-order valence-electron chi connectivity index (χ4n) is 2.02. The normalized spacial score (nSPS) is 24.5. The second kappa shape index (κ2) is 4.94. The van der Waals surface area contributed by atoms with E-state index in [0.717, 1.165) is 18.5 Å². The fourth-order valence-corrected chi connectivity index (χ4v) is 2.02. The van der Waals surface area contributed by atoms with Crippen molar-refractivity contribution >= 4 is 5.97 Å². The molecule has 0 unspecified atom stereocenters. The minimum absolute atomic E-state index is 0. The highest BCUT2D eigenvalue weighted by Gasteiger charge is 2.33. The van der Waals surface area contributed by atoms with Crippen LogP contribution in [0.2, 0.25) is 0 Å². The molecule has 2 atom stereocenters. The highest BCUT2D eigenvalue weighted by Crippen LogP contribution is 2.27. The van der Waals surface area contributed by atoms with Crippen LogP contribution in [-0.4, -0.2) is 23.7 Å². The van der Waals surface area contributed by atoms with Gasteiger partial charge in [0.05, 0.1) is 0 Å². The Morgan fingerprint density at radius 1 is 1.33 bits per heavy atom. The van der Waals surface area contributed by atoms with Gasteiger partial charge in [0, 0.05) is 5.92 Å². The van der Waals surface area contributed by atoms with E-state index in [1.807, 2.05) is 30.3 Å². The maximum absolute atomic E-state index is 10.9. The lowest BCUT2D eigenvalue weighted by Crippen LogP contribution is -2.34. The first-order valence-electron chi connectivity index (χ1n) is 4.80. The van der Waals surface area contributed by atoms with E-state index in [9.17, 15) is 4.79 Å². The number of carbonyl (C=O) groups is 1. The number of carboxylic acids is 1. The van der Waals surface area contributed by atoms with Crippen molar-refractivity contribution in [2.24, 2.45) is 0 Å². The summed E-state index contributed by atoms with van der Waals surface area (Å²) in [6.45, 7) is 0.788. The molecule has 82 valence electrons. The van der Waals surface area contributed by atoms with Gasteiger partial charge >= 0.3 is 5.97 Å². The van der Waals surface area contributed by atoms with Crippen LogP contribution in [0.1, 0.15) is 25.3 Å². The van der Waals surface area contributed by atoms with Gasteiger partial charge in [-0.2, -0.15) is 0 Å². The number of carboxylic acid groups (broad SMARTS) is 1. The molecule has 15 heavy (non-hydrogen) atoms. The highest BCUT2D eigenvalue weighted by molar-refractivity contribution is 5.75. The molecule has 0 aromatic heterocycles. The Hall–Kier alpha value is -1.35. The van der Waals surface area contributed by atoms with Crippen LogP contribution in [0, 0.1) is 0 Å². The van der Waals surface area contributed by atoms with Gasteiger partial charge in [0.2, 0.25) is 0 Å². The van der Waals surface area contributed by atoms with Gasteiger partial charge in [-0.3, -0.25) is 4.79 Å². The van der Waals surface area contributed by atoms with Gasteiger partial charge in [0.25, 0.3) is 0 Å². The summed E-state index contributed by atoms with van der Waals surface area (Å²) >= 11 is 0. The molecule has 0 bridgehead atoms. The van der Waals surface area contributed by atoms with Gasteiger partial charge in [-0.05, 0) is 18.5 Å². The van der Waals surface area contributed by atoms with E-state index in [2.05, 4.69) is 5.32 Å². The van der Waals surface area contributed by atoms with Gasteiger partial charge in [-0.15, -0.1) is 0 Å². The third-order valence-corrected chi connectivity index (χ3v) is 2.72. The summed E-state index contributed by atoms with van der Waals surface area (Å²) in [6.07, 6.45) is 0.904. The van der Waals surface area contributed by atoms with Crippen LogP contribution < -0.4 is 5.32 Å². The smallest absolute Gasteiger partial charge is 0.321 e. The Labute approximate surface area is 90.1 Å². The first-order chi connectivity index (χ1) is 6.79. The number of aliphatic carboxylic acids is 1. The number of hydrogen-bond donors (Lipinski definition) is 2. The maximum Gasteiger partial charge on any atom is 0.321 e. The largest absolute Gasteiger partial charge is 0.480 e. The van der Waals surface area contributed by atoms with Crippen molar-refractivity contribution < 1.29 is 9.90 Å². The van der Waals surface area contributed by atoms with Gasteiger partial charge < -0.3 is 10.4 Å². The van der Waals surface area contributed by atoms with Crippen LogP contribution in [0.15, 0.2) is 30.3 Å². The Kier molecular flexibility index (Phi) is 3.86. The monoisotopic (exact) mass is 207 g/mol. The molecule has 0 saturated carbocycles. The first kappa shape index (κ1) is 11.7. The number of benzene rings is 1. The van der Waals surface area contributed by atoms with E-state index in [1.165, 1.54) is 0 Å². The zero-order chi connectivity index (χ0) is 9.97. The lowest BCUT2D eigenvalue weighted by atomic mass is 9.92. The van der Waals surface area contributed by atoms with E-state index < -0.39 is 12.0 Å². The number of hydrogen-bond acceptors (Lipinski definition) is 2. The highest BCUT2D eigenvalue weighted by atomic mass is 16.4. The SMILES string of the molecule is C.O=C(O)[C@H]1NCC[C@@H]1c1ccccc1. The zero-order valence-electron chi connectivity index (χ0n) is 7.81. The Morgan fingerprint density at radius 3 is 2.60 bits per heavy atom. The average Bonchev–Trinajstić information content (AvgIpc) is 2.67. The minimum atomic E-state index is -0.753. The summed E-state index contributed by atoms with van der Waals surface area (Å²) in [5.74, 6) is -0.634. The van der Waals surface area contributed by atoms with Gasteiger partial charge in [0.1, 0.15) is 6.04 Å². The standard InChI is InChI=1S/C11H13NO2.CH4/c13-11(14)10-9(6-7-12-10)8-4-2-1-3-5-8;/h1-5,9-10,12H,6-7H2,(H,13,14);1H4/t9-,10+;/m1./s1. The Bertz CT molecular complexity index is 324. The fraction of sp³-hybridized carbons (Fsp3) is 0.417. The topological polar surface area (TPSA) is 49.3 Å². The van der Waals surface area contributed by atoms with Crippen LogP contribution in [-0.2, 0) is 4.79 Å². The second-order valence-corrected chi connectivity index (χ2v) is 3.58. The minimum Gasteiger partial charge on any atom is -0.480 e. The van der Waals surface area contributed by atoms with Crippen molar-refractivity contribution in [1.29, 1.82) is 0 Å². The van der Waals surface area contributed by atoms with Gasteiger partial charge in [-0.1, -0.05) is 37.8 Å². The Morgan fingerprint density at radius 2 is 2.00 bits per heavy atom. The molecule has 1 aliphatic rings. The predicted molar refractivity (Wildman–Crippen MR) is 60.0 cm³/mol. The molecule has 0 amide bonds. The summed E-state index contributed by atoms with van der Waals surface area (Å²) in [6, 6.07) is 9.42. The molecule has 3 heteroatoms. The molecule has 1 aromatic carbocycles. The van der Waals surface area contributed by atoms with Gasteiger partial charge in [0.15, 0.2) is 0 Å². The van der Waals surface area contributed by atoms with E-state index >= 15 is 0 Å². The second-order valence-electron chi connectivity index (χ2n) is 3.58. The van der Waals surface area contributed by atoms with Crippen molar-refractivity contribution in [3.05, 3.63) is 35.9 Å². The predicted octanol–water partition coefficient (Wildman–Crippen LogP) is 1.85. The van der Waals surface area contributed by atoms with Crippen molar-refractivity contribution in [1.82, 2.24) is 5.32 Å². The summed E-state index contributed by atoms with van der Waals surface area (Å²) in [7, 11) is 0. The van der Waals surface area contributed by atoms with Gasteiger partial charge in [-0.25, -0.2) is 0 Å². The van der Waals surface area contributed by atoms with E-state index in [1.54, 1.807) is 0 Å².